The fraction of sp³-hybridized carbons (Fsp3) is 0.533. The number of hydrogen-bond acceptors (Lipinski definition) is 4. The van der Waals surface area contributed by atoms with Gasteiger partial charge in [-0.3, -0.25) is 4.40 Å². The van der Waals surface area contributed by atoms with E-state index in [0.29, 0.717) is 6.10 Å². The molecular weight excluding hydrogens is 254 g/mol. The van der Waals surface area contributed by atoms with Gasteiger partial charge in [0.2, 0.25) is 0 Å². The SMILES string of the molecule is CCOC1CCN(c2nc3ccccn3c2CO)CC1. The van der Waals surface area contributed by atoms with Crippen LogP contribution in [0.4, 0.5) is 5.82 Å². The van der Waals surface area contributed by atoms with Crippen molar-refractivity contribution in [1.82, 2.24) is 9.38 Å². The molecule has 5 nitrogen and oxygen atoms in total. The molecule has 0 aliphatic carbocycles. The molecule has 2 aromatic rings. The molecule has 1 aliphatic heterocycles. The number of ether oxygens (including phenoxy) is 1. The number of aliphatic hydroxyl groups is 1. The molecule has 0 atom stereocenters. The van der Waals surface area contributed by atoms with Crippen LogP contribution in [-0.4, -0.2) is 40.3 Å². The summed E-state index contributed by atoms with van der Waals surface area (Å²) in [5, 5.41) is 9.66. The van der Waals surface area contributed by atoms with Gasteiger partial charge in [-0.1, -0.05) is 6.07 Å². The molecule has 1 aliphatic rings. The van der Waals surface area contributed by atoms with E-state index in [4.69, 9.17) is 4.74 Å². The third kappa shape index (κ3) is 2.39. The summed E-state index contributed by atoms with van der Waals surface area (Å²) in [5.74, 6) is 0.911. The molecule has 0 bridgehead atoms. The number of fused-ring (bicyclic) bond motifs is 1. The number of aliphatic hydroxyl groups excluding tert-OH is 1. The van der Waals surface area contributed by atoms with Crippen molar-refractivity contribution in [2.75, 3.05) is 24.6 Å². The number of aromatic nitrogens is 2. The van der Waals surface area contributed by atoms with E-state index in [-0.39, 0.29) is 6.61 Å². The van der Waals surface area contributed by atoms with Crippen LogP contribution in [0.1, 0.15) is 25.5 Å². The Balaban J connectivity index is 1.84. The summed E-state index contributed by atoms with van der Waals surface area (Å²) in [6.07, 6.45) is 4.36. The molecule has 3 heterocycles. The molecule has 3 rings (SSSR count). The first kappa shape index (κ1) is 13.4. The van der Waals surface area contributed by atoms with Crippen LogP contribution in [0.15, 0.2) is 24.4 Å². The van der Waals surface area contributed by atoms with E-state index in [1.165, 1.54) is 0 Å². The Morgan fingerprint density at radius 3 is 2.85 bits per heavy atom. The maximum atomic E-state index is 9.66. The van der Waals surface area contributed by atoms with Gasteiger partial charge in [-0.25, -0.2) is 4.98 Å². The van der Waals surface area contributed by atoms with Crippen LogP contribution in [0.25, 0.3) is 5.65 Å². The van der Waals surface area contributed by atoms with Gasteiger partial charge in [0, 0.05) is 25.9 Å². The minimum atomic E-state index is 0.00586. The van der Waals surface area contributed by atoms with Crippen molar-refractivity contribution in [3.05, 3.63) is 30.1 Å². The lowest BCUT2D eigenvalue weighted by Crippen LogP contribution is -2.37. The maximum absolute atomic E-state index is 9.66. The molecule has 0 radical (unpaired) electrons. The summed E-state index contributed by atoms with van der Waals surface area (Å²) in [7, 11) is 0. The number of piperidine rings is 1. The summed E-state index contributed by atoms with van der Waals surface area (Å²) in [5.41, 5.74) is 1.76. The van der Waals surface area contributed by atoms with Gasteiger partial charge in [-0.2, -0.15) is 0 Å². The fourth-order valence-electron chi connectivity index (χ4n) is 2.90. The second kappa shape index (κ2) is 5.81. The second-order valence-electron chi connectivity index (χ2n) is 5.11. The zero-order chi connectivity index (χ0) is 13.9. The van der Waals surface area contributed by atoms with Gasteiger partial charge in [-0.05, 0) is 31.9 Å². The third-order valence-electron chi connectivity index (χ3n) is 3.90. The maximum Gasteiger partial charge on any atom is 0.153 e. The summed E-state index contributed by atoms with van der Waals surface area (Å²) in [6.45, 7) is 4.69. The molecule has 0 aromatic carbocycles. The fourth-order valence-corrected chi connectivity index (χ4v) is 2.90. The van der Waals surface area contributed by atoms with Crippen LogP contribution >= 0.6 is 0 Å². The highest BCUT2D eigenvalue weighted by Gasteiger charge is 2.23. The zero-order valence-corrected chi connectivity index (χ0v) is 11.8. The summed E-state index contributed by atoms with van der Waals surface area (Å²) >= 11 is 0. The Labute approximate surface area is 118 Å². The molecule has 0 amide bonds. The zero-order valence-electron chi connectivity index (χ0n) is 11.8. The Kier molecular flexibility index (Phi) is 3.89. The minimum Gasteiger partial charge on any atom is -0.390 e. The monoisotopic (exact) mass is 275 g/mol. The average Bonchev–Trinajstić information content (AvgIpc) is 2.87. The number of hydrogen-bond donors (Lipinski definition) is 1. The highest BCUT2D eigenvalue weighted by atomic mass is 16.5. The second-order valence-corrected chi connectivity index (χ2v) is 5.11. The Morgan fingerprint density at radius 1 is 1.35 bits per heavy atom. The highest BCUT2D eigenvalue weighted by Crippen LogP contribution is 2.25. The van der Waals surface area contributed by atoms with Crippen LogP contribution in [0.2, 0.25) is 0 Å². The van der Waals surface area contributed by atoms with E-state index in [1.54, 1.807) is 0 Å². The molecule has 0 saturated carbocycles. The molecule has 0 unspecified atom stereocenters. The molecule has 5 heteroatoms. The molecule has 1 N–H and O–H groups in total. The smallest absolute Gasteiger partial charge is 0.153 e. The van der Waals surface area contributed by atoms with Gasteiger partial charge < -0.3 is 14.7 Å². The molecular formula is C15H21N3O2. The average molecular weight is 275 g/mol. The van der Waals surface area contributed by atoms with Crippen molar-refractivity contribution < 1.29 is 9.84 Å². The van der Waals surface area contributed by atoms with Crippen molar-refractivity contribution in [2.45, 2.75) is 32.5 Å². The van der Waals surface area contributed by atoms with Crippen LogP contribution < -0.4 is 4.90 Å². The van der Waals surface area contributed by atoms with Gasteiger partial charge in [0.15, 0.2) is 5.82 Å². The first-order valence-electron chi connectivity index (χ1n) is 7.27. The predicted molar refractivity (Wildman–Crippen MR) is 78.0 cm³/mol. The van der Waals surface area contributed by atoms with E-state index in [9.17, 15) is 5.11 Å². The van der Waals surface area contributed by atoms with Crippen LogP contribution in [0, 0.1) is 0 Å². The molecule has 1 saturated heterocycles. The first-order valence-corrected chi connectivity index (χ1v) is 7.27. The highest BCUT2D eigenvalue weighted by molar-refractivity contribution is 5.56. The number of anilines is 1. The number of pyridine rings is 1. The number of imidazole rings is 1. The van der Waals surface area contributed by atoms with Crippen LogP contribution in [0.3, 0.4) is 0 Å². The Bertz CT molecular complexity index is 574. The van der Waals surface area contributed by atoms with Crippen molar-refractivity contribution >= 4 is 11.5 Å². The lowest BCUT2D eigenvalue weighted by molar-refractivity contribution is 0.0458. The van der Waals surface area contributed by atoms with Crippen molar-refractivity contribution in [2.24, 2.45) is 0 Å². The Morgan fingerprint density at radius 2 is 2.15 bits per heavy atom. The lowest BCUT2D eigenvalue weighted by Gasteiger charge is -2.32. The molecule has 20 heavy (non-hydrogen) atoms. The molecule has 2 aromatic heterocycles. The molecule has 108 valence electrons. The largest absolute Gasteiger partial charge is 0.390 e. The van der Waals surface area contributed by atoms with Gasteiger partial charge in [0.1, 0.15) is 5.65 Å². The van der Waals surface area contributed by atoms with Crippen LogP contribution in [0.5, 0.6) is 0 Å². The standard InChI is InChI=1S/C15H21N3O2/c1-2-20-12-6-9-17(10-7-12)15-13(11-19)18-8-4-3-5-14(18)16-15/h3-5,8,12,19H,2,6-7,9-11H2,1H3. The quantitative estimate of drug-likeness (QED) is 0.925. The van der Waals surface area contributed by atoms with E-state index >= 15 is 0 Å². The predicted octanol–water partition coefficient (Wildman–Crippen LogP) is 1.83. The lowest BCUT2D eigenvalue weighted by atomic mass is 10.1. The molecule has 0 spiro atoms. The van der Waals surface area contributed by atoms with Crippen molar-refractivity contribution in [3.63, 3.8) is 0 Å². The van der Waals surface area contributed by atoms with E-state index in [0.717, 1.165) is 49.7 Å². The van der Waals surface area contributed by atoms with Crippen molar-refractivity contribution in [3.8, 4) is 0 Å². The van der Waals surface area contributed by atoms with Gasteiger partial charge in [-0.15, -0.1) is 0 Å². The Hall–Kier alpha value is -1.59. The minimum absolute atomic E-state index is 0.00586. The first-order chi connectivity index (χ1) is 9.83. The van der Waals surface area contributed by atoms with E-state index in [2.05, 4.69) is 9.88 Å². The summed E-state index contributed by atoms with van der Waals surface area (Å²) < 4.78 is 7.64. The topological polar surface area (TPSA) is 50.0 Å². The van der Waals surface area contributed by atoms with E-state index < -0.39 is 0 Å². The van der Waals surface area contributed by atoms with Gasteiger partial charge in [0.25, 0.3) is 0 Å². The van der Waals surface area contributed by atoms with Crippen molar-refractivity contribution in [1.29, 1.82) is 0 Å². The van der Waals surface area contributed by atoms with E-state index in [1.807, 2.05) is 35.7 Å². The number of nitrogens with zero attached hydrogens (tertiary/aromatic N) is 3. The third-order valence-corrected chi connectivity index (χ3v) is 3.90. The van der Waals surface area contributed by atoms with Gasteiger partial charge >= 0.3 is 0 Å². The van der Waals surface area contributed by atoms with Crippen LogP contribution in [-0.2, 0) is 11.3 Å². The summed E-state index contributed by atoms with van der Waals surface area (Å²) in [6, 6.07) is 5.89. The summed E-state index contributed by atoms with van der Waals surface area (Å²) in [4.78, 5) is 6.92. The van der Waals surface area contributed by atoms with Gasteiger partial charge in [0.05, 0.1) is 18.4 Å². The molecule has 1 fully saturated rings. The number of rotatable bonds is 4. The normalized spacial score (nSPS) is 17.0.